The normalized spacial score (nSPS) is 9.80. The average Bonchev–Trinajstić information content (AvgIpc) is 2.43. The van der Waals surface area contributed by atoms with Crippen molar-refractivity contribution in [2.45, 2.75) is 32.2 Å². The highest BCUT2D eigenvalue weighted by molar-refractivity contribution is 5.76. The third kappa shape index (κ3) is 5.53. The van der Waals surface area contributed by atoms with E-state index in [-0.39, 0.29) is 11.8 Å². The third-order valence-electron chi connectivity index (χ3n) is 2.97. The average molecular weight is 273 g/mol. The molecule has 1 rings (SSSR count). The van der Waals surface area contributed by atoms with Crippen molar-refractivity contribution in [3.8, 4) is 6.07 Å². The van der Waals surface area contributed by atoms with Crippen molar-refractivity contribution in [1.82, 2.24) is 4.90 Å². The maximum absolute atomic E-state index is 11.9. The molecule has 0 fully saturated rings. The quantitative estimate of drug-likeness (QED) is 0.765. The van der Waals surface area contributed by atoms with Crippen LogP contribution in [0.4, 0.5) is 0 Å². The highest BCUT2D eigenvalue weighted by Gasteiger charge is 2.09. The van der Waals surface area contributed by atoms with Gasteiger partial charge in [0.25, 0.3) is 0 Å². The van der Waals surface area contributed by atoms with Crippen LogP contribution in [0.15, 0.2) is 24.3 Å². The van der Waals surface area contributed by atoms with Crippen LogP contribution in [0.25, 0.3) is 0 Å². The first-order valence-electron chi connectivity index (χ1n) is 6.54. The highest BCUT2D eigenvalue weighted by atomic mass is 16.2. The number of nitriles is 1. The molecule has 5 nitrogen and oxygen atoms in total. The second-order valence-electron chi connectivity index (χ2n) is 4.74. The fourth-order valence-electron chi connectivity index (χ4n) is 1.87. The van der Waals surface area contributed by atoms with Gasteiger partial charge in [-0.05, 0) is 30.5 Å². The zero-order valence-electron chi connectivity index (χ0n) is 11.6. The van der Waals surface area contributed by atoms with Gasteiger partial charge in [-0.1, -0.05) is 12.1 Å². The fourth-order valence-corrected chi connectivity index (χ4v) is 1.87. The first-order chi connectivity index (χ1) is 9.52. The van der Waals surface area contributed by atoms with E-state index in [0.29, 0.717) is 37.8 Å². The lowest BCUT2D eigenvalue weighted by molar-refractivity contribution is -0.130. The zero-order valence-corrected chi connectivity index (χ0v) is 11.6. The molecule has 0 bridgehead atoms. The molecule has 0 saturated heterocycles. The Kier molecular flexibility index (Phi) is 6.24. The predicted octanol–water partition coefficient (Wildman–Crippen LogP) is 1.56. The molecule has 0 aliphatic carbocycles. The fraction of sp³-hybridized carbons (Fsp3) is 0.400. The molecule has 1 aromatic rings. The second-order valence-corrected chi connectivity index (χ2v) is 4.74. The summed E-state index contributed by atoms with van der Waals surface area (Å²) < 4.78 is 0. The number of nitrogens with two attached hydrogens (primary N) is 1. The summed E-state index contributed by atoms with van der Waals surface area (Å²) in [6, 6.07) is 9.27. The van der Waals surface area contributed by atoms with Gasteiger partial charge >= 0.3 is 0 Å². The van der Waals surface area contributed by atoms with Crippen molar-refractivity contribution in [3.05, 3.63) is 35.4 Å². The summed E-state index contributed by atoms with van der Waals surface area (Å²) in [5.74, 6) is -0.309. The molecule has 0 atom stereocenters. The summed E-state index contributed by atoms with van der Waals surface area (Å²) in [7, 11) is 1.73. The van der Waals surface area contributed by atoms with E-state index in [1.807, 2.05) is 6.07 Å². The summed E-state index contributed by atoms with van der Waals surface area (Å²) in [6.07, 6.45) is 2.02. The predicted molar refractivity (Wildman–Crippen MR) is 75.3 cm³/mol. The van der Waals surface area contributed by atoms with E-state index in [0.717, 1.165) is 5.56 Å². The van der Waals surface area contributed by atoms with Crippen LogP contribution in [0.3, 0.4) is 0 Å². The Hall–Kier alpha value is -2.35. The first kappa shape index (κ1) is 15.7. The monoisotopic (exact) mass is 273 g/mol. The number of carbonyl (C=O) groups is 2. The number of amides is 2. The molecule has 5 heteroatoms. The van der Waals surface area contributed by atoms with Gasteiger partial charge in [0.05, 0.1) is 11.6 Å². The number of unbranched alkanes of at least 4 members (excludes halogenated alkanes) is 1. The van der Waals surface area contributed by atoms with E-state index in [1.165, 1.54) is 0 Å². The van der Waals surface area contributed by atoms with E-state index in [9.17, 15) is 9.59 Å². The molecule has 1 aromatic carbocycles. The minimum Gasteiger partial charge on any atom is -0.370 e. The number of rotatable bonds is 7. The van der Waals surface area contributed by atoms with Gasteiger partial charge in [0.2, 0.25) is 11.8 Å². The molecule has 0 aromatic heterocycles. The highest BCUT2D eigenvalue weighted by Crippen LogP contribution is 2.09. The molecule has 0 saturated carbocycles. The van der Waals surface area contributed by atoms with Gasteiger partial charge < -0.3 is 10.6 Å². The van der Waals surface area contributed by atoms with E-state index >= 15 is 0 Å². The number of hydrogen-bond donors (Lipinski definition) is 1. The van der Waals surface area contributed by atoms with Gasteiger partial charge in [0.1, 0.15) is 0 Å². The Labute approximate surface area is 119 Å². The standard InChI is InChI=1S/C15H19N3O2/c1-18(15(20)8-3-2-7-14(17)19)11-13-6-4-5-12(9-13)10-16/h4-6,9H,2-3,7-8,11H2,1H3,(H2,17,19). The van der Waals surface area contributed by atoms with Gasteiger partial charge in [-0.2, -0.15) is 5.26 Å². The van der Waals surface area contributed by atoms with Crippen molar-refractivity contribution in [2.75, 3.05) is 7.05 Å². The lowest BCUT2D eigenvalue weighted by Gasteiger charge is -2.17. The minimum absolute atomic E-state index is 0.0248. The number of primary amides is 1. The van der Waals surface area contributed by atoms with Crippen molar-refractivity contribution in [1.29, 1.82) is 5.26 Å². The zero-order chi connectivity index (χ0) is 15.0. The van der Waals surface area contributed by atoms with Crippen molar-refractivity contribution in [2.24, 2.45) is 5.73 Å². The number of carbonyl (C=O) groups excluding carboxylic acids is 2. The van der Waals surface area contributed by atoms with Crippen LogP contribution in [-0.2, 0) is 16.1 Å². The van der Waals surface area contributed by atoms with Crippen LogP contribution >= 0.6 is 0 Å². The molecular formula is C15H19N3O2. The van der Waals surface area contributed by atoms with Crippen molar-refractivity contribution in [3.63, 3.8) is 0 Å². The summed E-state index contributed by atoms with van der Waals surface area (Å²) in [4.78, 5) is 24.1. The van der Waals surface area contributed by atoms with Crippen LogP contribution in [0.5, 0.6) is 0 Å². The minimum atomic E-state index is -0.334. The largest absolute Gasteiger partial charge is 0.370 e. The summed E-state index contributed by atoms with van der Waals surface area (Å²) in [5, 5.41) is 8.83. The lowest BCUT2D eigenvalue weighted by Crippen LogP contribution is -2.26. The van der Waals surface area contributed by atoms with E-state index in [4.69, 9.17) is 11.0 Å². The first-order valence-corrected chi connectivity index (χ1v) is 6.54. The third-order valence-corrected chi connectivity index (χ3v) is 2.97. The van der Waals surface area contributed by atoms with Crippen LogP contribution in [0.1, 0.15) is 36.8 Å². The molecule has 2 N–H and O–H groups in total. The molecule has 0 unspecified atom stereocenters. The van der Waals surface area contributed by atoms with E-state index < -0.39 is 0 Å². The summed E-state index contributed by atoms with van der Waals surface area (Å²) in [5.41, 5.74) is 6.55. The van der Waals surface area contributed by atoms with E-state index in [1.54, 1.807) is 30.1 Å². The smallest absolute Gasteiger partial charge is 0.222 e. The molecule has 0 aliphatic heterocycles. The van der Waals surface area contributed by atoms with E-state index in [2.05, 4.69) is 6.07 Å². The Morgan fingerprint density at radius 3 is 2.65 bits per heavy atom. The maximum atomic E-state index is 11.9. The molecule has 0 radical (unpaired) electrons. The number of benzene rings is 1. The Balaban J connectivity index is 2.41. The van der Waals surface area contributed by atoms with Crippen LogP contribution in [-0.4, -0.2) is 23.8 Å². The van der Waals surface area contributed by atoms with Gasteiger partial charge in [0.15, 0.2) is 0 Å². The SMILES string of the molecule is CN(Cc1cccc(C#N)c1)C(=O)CCCCC(N)=O. The Bertz CT molecular complexity index is 520. The van der Waals surface area contributed by atoms with Gasteiger partial charge in [0, 0.05) is 26.4 Å². The van der Waals surface area contributed by atoms with Gasteiger partial charge in [-0.3, -0.25) is 9.59 Å². The molecular weight excluding hydrogens is 254 g/mol. The van der Waals surface area contributed by atoms with Crippen LogP contribution in [0, 0.1) is 11.3 Å². The molecule has 2 amide bonds. The van der Waals surface area contributed by atoms with Crippen molar-refractivity contribution >= 4 is 11.8 Å². The molecule has 0 heterocycles. The lowest BCUT2D eigenvalue weighted by atomic mass is 10.1. The van der Waals surface area contributed by atoms with Crippen LogP contribution in [0.2, 0.25) is 0 Å². The Morgan fingerprint density at radius 1 is 1.30 bits per heavy atom. The Morgan fingerprint density at radius 2 is 2.00 bits per heavy atom. The second kappa shape index (κ2) is 7.95. The number of nitrogens with zero attached hydrogens (tertiary/aromatic N) is 2. The topological polar surface area (TPSA) is 87.2 Å². The van der Waals surface area contributed by atoms with Gasteiger partial charge in [-0.15, -0.1) is 0 Å². The summed E-state index contributed by atoms with van der Waals surface area (Å²) >= 11 is 0. The maximum Gasteiger partial charge on any atom is 0.222 e. The van der Waals surface area contributed by atoms with Gasteiger partial charge in [-0.25, -0.2) is 0 Å². The van der Waals surface area contributed by atoms with Crippen LogP contribution < -0.4 is 5.73 Å². The number of hydrogen-bond acceptors (Lipinski definition) is 3. The molecule has 0 aliphatic rings. The van der Waals surface area contributed by atoms with Crippen molar-refractivity contribution < 1.29 is 9.59 Å². The summed E-state index contributed by atoms with van der Waals surface area (Å²) in [6.45, 7) is 0.476. The molecule has 106 valence electrons. The molecule has 20 heavy (non-hydrogen) atoms. The molecule has 0 spiro atoms.